The Balaban J connectivity index is 1.57. The molecule has 2 amide bonds. The van der Waals surface area contributed by atoms with Crippen LogP contribution in [0.15, 0.2) is 59.8 Å². The van der Waals surface area contributed by atoms with Gasteiger partial charge in [-0.1, -0.05) is 0 Å². The van der Waals surface area contributed by atoms with Crippen molar-refractivity contribution >= 4 is 27.4 Å². The van der Waals surface area contributed by atoms with Gasteiger partial charge in [0.25, 0.3) is 0 Å². The molecule has 1 aliphatic heterocycles. The minimum Gasteiger partial charge on any atom is -0.378 e. The van der Waals surface area contributed by atoms with Crippen molar-refractivity contribution in [1.29, 1.82) is 0 Å². The fraction of sp³-hybridized carbons (Fsp3) is 0.333. The SMILES string of the molecule is CNC(=O)Nc1ccc(-c2nc(N3CCOCC3)cc(C3(S(=O)(=O)c4ccncc4)CC3)n2)cc1. The van der Waals surface area contributed by atoms with E-state index in [1.807, 2.05) is 18.2 Å². The smallest absolute Gasteiger partial charge is 0.318 e. The van der Waals surface area contributed by atoms with Gasteiger partial charge >= 0.3 is 6.03 Å². The van der Waals surface area contributed by atoms with Crippen LogP contribution in [0.1, 0.15) is 18.5 Å². The Morgan fingerprint density at radius 1 is 1.03 bits per heavy atom. The molecule has 2 fully saturated rings. The van der Waals surface area contributed by atoms with Crippen LogP contribution in [-0.4, -0.2) is 62.8 Å². The second-order valence-electron chi connectivity index (χ2n) is 8.50. The van der Waals surface area contributed by atoms with Gasteiger partial charge in [0.15, 0.2) is 15.7 Å². The Morgan fingerprint density at radius 2 is 1.71 bits per heavy atom. The third kappa shape index (κ3) is 4.44. The van der Waals surface area contributed by atoms with Gasteiger partial charge in [0.1, 0.15) is 10.6 Å². The van der Waals surface area contributed by atoms with E-state index in [-0.39, 0.29) is 10.9 Å². The summed E-state index contributed by atoms with van der Waals surface area (Å²) in [5.74, 6) is 1.11. The Bertz CT molecular complexity index is 1320. The Morgan fingerprint density at radius 3 is 2.34 bits per heavy atom. The van der Waals surface area contributed by atoms with Crippen molar-refractivity contribution < 1.29 is 17.9 Å². The minimum atomic E-state index is -3.68. The molecule has 1 aliphatic carbocycles. The number of sulfone groups is 1. The molecule has 0 unspecified atom stereocenters. The number of ether oxygens (including phenoxy) is 1. The summed E-state index contributed by atoms with van der Waals surface area (Å²) in [5, 5.41) is 5.23. The van der Waals surface area contributed by atoms with E-state index >= 15 is 0 Å². The van der Waals surface area contributed by atoms with Crippen LogP contribution in [-0.2, 0) is 19.3 Å². The maximum absolute atomic E-state index is 13.7. The number of carbonyl (C=O) groups excluding carboxylic acids is 1. The minimum absolute atomic E-state index is 0.239. The zero-order valence-electron chi connectivity index (χ0n) is 19.3. The van der Waals surface area contributed by atoms with Gasteiger partial charge in [-0.15, -0.1) is 0 Å². The second kappa shape index (κ2) is 9.23. The van der Waals surface area contributed by atoms with Crippen LogP contribution < -0.4 is 15.5 Å². The molecule has 5 rings (SSSR count). The molecule has 35 heavy (non-hydrogen) atoms. The lowest BCUT2D eigenvalue weighted by Gasteiger charge is -2.29. The Labute approximate surface area is 203 Å². The monoisotopic (exact) mass is 494 g/mol. The average Bonchev–Trinajstić information content (AvgIpc) is 3.73. The molecule has 0 bridgehead atoms. The lowest BCUT2D eigenvalue weighted by atomic mass is 10.1. The van der Waals surface area contributed by atoms with Crippen molar-refractivity contribution in [2.75, 3.05) is 43.6 Å². The molecule has 0 radical (unpaired) electrons. The third-order valence-electron chi connectivity index (χ3n) is 6.32. The first-order chi connectivity index (χ1) is 16.9. The molecule has 182 valence electrons. The van der Waals surface area contributed by atoms with Gasteiger partial charge in [0.2, 0.25) is 0 Å². The van der Waals surface area contributed by atoms with Crippen molar-refractivity contribution in [3.8, 4) is 11.4 Å². The number of hydrogen-bond donors (Lipinski definition) is 2. The van der Waals surface area contributed by atoms with Crippen LogP contribution in [0, 0.1) is 0 Å². The molecule has 2 aromatic heterocycles. The highest BCUT2D eigenvalue weighted by Gasteiger charge is 2.58. The number of nitrogens with zero attached hydrogens (tertiary/aromatic N) is 4. The summed E-state index contributed by atoms with van der Waals surface area (Å²) < 4.78 is 31.7. The summed E-state index contributed by atoms with van der Waals surface area (Å²) in [5.41, 5.74) is 1.84. The van der Waals surface area contributed by atoms with E-state index in [0.29, 0.717) is 62.2 Å². The number of morpholine rings is 1. The highest BCUT2D eigenvalue weighted by Crippen LogP contribution is 2.55. The molecule has 1 saturated heterocycles. The highest BCUT2D eigenvalue weighted by molar-refractivity contribution is 7.92. The molecular weight excluding hydrogens is 468 g/mol. The summed E-state index contributed by atoms with van der Waals surface area (Å²) in [6, 6.07) is 11.7. The summed E-state index contributed by atoms with van der Waals surface area (Å²) in [7, 11) is -2.13. The molecule has 3 aromatic rings. The fourth-order valence-corrected chi connectivity index (χ4v) is 6.12. The first kappa shape index (κ1) is 23.2. The third-order valence-corrected chi connectivity index (χ3v) is 8.86. The number of hydrogen-bond acceptors (Lipinski definition) is 8. The number of urea groups is 1. The Kier molecular flexibility index (Phi) is 6.12. The summed E-state index contributed by atoms with van der Waals surface area (Å²) in [4.78, 5) is 27.4. The first-order valence-corrected chi connectivity index (χ1v) is 12.9. The van der Waals surface area contributed by atoms with Crippen molar-refractivity contribution in [2.45, 2.75) is 22.5 Å². The van der Waals surface area contributed by atoms with Gasteiger partial charge in [0.05, 0.1) is 23.8 Å². The van der Waals surface area contributed by atoms with Crippen LogP contribution in [0.3, 0.4) is 0 Å². The quantitative estimate of drug-likeness (QED) is 0.536. The molecule has 3 heterocycles. The van der Waals surface area contributed by atoms with E-state index in [9.17, 15) is 13.2 Å². The predicted molar refractivity (Wildman–Crippen MR) is 131 cm³/mol. The van der Waals surface area contributed by atoms with Gasteiger partial charge in [-0.2, -0.15) is 0 Å². The maximum atomic E-state index is 13.7. The molecule has 0 spiro atoms. The zero-order chi connectivity index (χ0) is 24.5. The van der Waals surface area contributed by atoms with Crippen LogP contribution >= 0.6 is 0 Å². The highest BCUT2D eigenvalue weighted by atomic mass is 32.2. The number of pyridine rings is 1. The van der Waals surface area contributed by atoms with Gasteiger partial charge in [-0.05, 0) is 49.2 Å². The number of nitrogens with one attached hydrogen (secondary N) is 2. The average molecular weight is 495 g/mol. The van der Waals surface area contributed by atoms with Gasteiger partial charge in [-0.25, -0.2) is 23.2 Å². The molecule has 1 aromatic carbocycles. The predicted octanol–water partition coefficient (Wildman–Crippen LogP) is 2.59. The number of carbonyl (C=O) groups is 1. The summed E-state index contributed by atoms with van der Waals surface area (Å²) in [6.45, 7) is 2.48. The number of aromatic nitrogens is 3. The molecular formula is C24H26N6O4S. The van der Waals surface area contributed by atoms with Crippen molar-refractivity contribution in [3.63, 3.8) is 0 Å². The van der Waals surface area contributed by atoms with E-state index in [1.54, 1.807) is 19.2 Å². The first-order valence-electron chi connectivity index (χ1n) is 11.4. The number of benzene rings is 1. The van der Waals surface area contributed by atoms with Crippen LogP contribution in [0.5, 0.6) is 0 Å². The molecule has 2 N–H and O–H groups in total. The molecule has 2 aliphatic rings. The van der Waals surface area contributed by atoms with Crippen LogP contribution in [0.4, 0.5) is 16.3 Å². The normalized spacial score (nSPS) is 17.0. The lowest BCUT2D eigenvalue weighted by molar-refractivity contribution is 0.122. The topological polar surface area (TPSA) is 126 Å². The largest absolute Gasteiger partial charge is 0.378 e. The summed E-state index contributed by atoms with van der Waals surface area (Å²) >= 11 is 0. The van der Waals surface area contributed by atoms with Gasteiger partial charge < -0.3 is 20.3 Å². The van der Waals surface area contributed by atoms with Crippen molar-refractivity contribution in [2.24, 2.45) is 0 Å². The van der Waals surface area contributed by atoms with E-state index in [0.717, 1.165) is 5.56 Å². The molecule has 0 atom stereocenters. The van der Waals surface area contributed by atoms with Crippen LogP contribution in [0.2, 0.25) is 0 Å². The number of anilines is 2. The van der Waals surface area contributed by atoms with Crippen LogP contribution in [0.25, 0.3) is 11.4 Å². The van der Waals surface area contributed by atoms with E-state index in [2.05, 4.69) is 20.5 Å². The number of amides is 2. The van der Waals surface area contributed by atoms with Crippen molar-refractivity contribution in [1.82, 2.24) is 20.3 Å². The molecule has 10 nitrogen and oxygen atoms in total. The standard InChI is InChI=1S/C24H26N6O4S/c1-25-23(31)27-18-4-2-17(3-5-18)22-28-20(16-21(29-22)30-12-14-34-15-13-30)24(8-9-24)35(32,33)19-6-10-26-11-7-19/h2-7,10-11,16H,8-9,12-15H2,1H3,(H2,25,27,31). The Hall–Kier alpha value is -3.57. The maximum Gasteiger partial charge on any atom is 0.318 e. The van der Waals surface area contributed by atoms with E-state index < -0.39 is 14.6 Å². The number of rotatable bonds is 6. The zero-order valence-corrected chi connectivity index (χ0v) is 20.1. The summed E-state index contributed by atoms with van der Waals surface area (Å²) in [6.07, 6.45) is 3.96. The fourth-order valence-electron chi connectivity index (χ4n) is 4.17. The lowest BCUT2D eigenvalue weighted by Crippen LogP contribution is -2.37. The van der Waals surface area contributed by atoms with E-state index in [1.165, 1.54) is 24.5 Å². The van der Waals surface area contributed by atoms with Gasteiger partial charge in [0, 0.05) is 49.8 Å². The van der Waals surface area contributed by atoms with Gasteiger partial charge in [-0.3, -0.25) is 4.98 Å². The molecule has 1 saturated carbocycles. The molecule has 11 heteroatoms. The second-order valence-corrected chi connectivity index (χ2v) is 10.8. The van der Waals surface area contributed by atoms with Crippen molar-refractivity contribution in [3.05, 3.63) is 60.6 Å². The van der Waals surface area contributed by atoms with E-state index in [4.69, 9.17) is 14.7 Å².